The Balaban J connectivity index is 2.29. The second-order valence-electron chi connectivity index (χ2n) is 4.66. The highest BCUT2D eigenvalue weighted by molar-refractivity contribution is 7.91. The maximum Gasteiger partial charge on any atom is 0.325 e. The van der Waals surface area contributed by atoms with Crippen LogP contribution in [0.4, 0.5) is 0 Å². The second kappa shape index (κ2) is 6.87. The molecule has 0 amide bonds. The normalized spacial score (nSPS) is 20.4. The first-order chi connectivity index (χ1) is 10.0. The maximum atomic E-state index is 12.7. The Morgan fingerprint density at radius 2 is 2.24 bits per heavy atom. The standard InChI is InChI=1S/C13H20N2O4S2/c1-3-10-5-6-12(20-10)21(17,18)15-8-7-14-9-11(15)13(16)19-4-2/h5-6,11,14H,3-4,7-9H2,1-2H3. The van der Waals surface area contributed by atoms with E-state index in [1.165, 1.54) is 15.6 Å². The number of carbonyl (C=O) groups is 1. The Labute approximate surface area is 129 Å². The molecule has 0 bridgehead atoms. The molecule has 1 aromatic heterocycles. The molecular weight excluding hydrogens is 312 g/mol. The van der Waals surface area contributed by atoms with Crippen LogP contribution in [0.5, 0.6) is 0 Å². The van der Waals surface area contributed by atoms with Crippen molar-refractivity contribution < 1.29 is 17.9 Å². The molecule has 1 N–H and O–H groups in total. The Morgan fingerprint density at radius 1 is 1.48 bits per heavy atom. The van der Waals surface area contributed by atoms with Gasteiger partial charge in [0.2, 0.25) is 0 Å². The summed E-state index contributed by atoms with van der Waals surface area (Å²) < 4.78 is 32.0. The number of nitrogens with zero attached hydrogens (tertiary/aromatic N) is 1. The smallest absolute Gasteiger partial charge is 0.325 e. The topological polar surface area (TPSA) is 75.7 Å². The summed E-state index contributed by atoms with van der Waals surface area (Å²) in [7, 11) is -3.65. The number of esters is 1. The zero-order chi connectivity index (χ0) is 15.5. The van der Waals surface area contributed by atoms with Crippen LogP contribution in [-0.2, 0) is 26.0 Å². The van der Waals surface area contributed by atoms with Crippen LogP contribution >= 0.6 is 11.3 Å². The summed E-state index contributed by atoms with van der Waals surface area (Å²) in [5.41, 5.74) is 0. The summed E-state index contributed by atoms with van der Waals surface area (Å²) in [6.45, 7) is 5.01. The zero-order valence-corrected chi connectivity index (χ0v) is 13.8. The van der Waals surface area contributed by atoms with Gasteiger partial charge in [-0.1, -0.05) is 6.92 Å². The van der Waals surface area contributed by atoms with Crippen molar-refractivity contribution in [3.05, 3.63) is 17.0 Å². The first-order valence-corrected chi connectivity index (χ1v) is 9.24. The Hall–Kier alpha value is -0.960. The van der Waals surface area contributed by atoms with Crippen LogP contribution in [0.15, 0.2) is 16.3 Å². The SMILES string of the molecule is CCOC(=O)C1CNCCN1S(=O)(=O)c1ccc(CC)s1. The van der Waals surface area contributed by atoms with E-state index < -0.39 is 22.0 Å². The molecule has 1 aromatic rings. The van der Waals surface area contributed by atoms with Crippen LogP contribution in [0.1, 0.15) is 18.7 Å². The molecule has 2 heterocycles. The van der Waals surface area contributed by atoms with Gasteiger partial charge in [-0.25, -0.2) is 8.42 Å². The van der Waals surface area contributed by atoms with Crippen molar-refractivity contribution in [2.75, 3.05) is 26.2 Å². The van der Waals surface area contributed by atoms with Gasteiger partial charge in [0.25, 0.3) is 10.0 Å². The lowest BCUT2D eigenvalue weighted by Gasteiger charge is -2.32. The molecule has 1 aliphatic rings. The lowest BCUT2D eigenvalue weighted by atomic mass is 10.2. The highest BCUT2D eigenvalue weighted by Gasteiger charge is 2.39. The monoisotopic (exact) mass is 332 g/mol. The number of nitrogens with one attached hydrogen (secondary N) is 1. The first kappa shape index (κ1) is 16.4. The molecule has 0 spiro atoms. The minimum Gasteiger partial charge on any atom is -0.465 e. The lowest BCUT2D eigenvalue weighted by molar-refractivity contribution is -0.148. The number of carbonyl (C=O) groups excluding carboxylic acids is 1. The molecule has 8 heteroatoms. The van der Waals surface area contributed by atoms with E-state index in [2.05, 4.69) is 5.32 Å². The van der Waals surface area contributed by atoms with Gasteiger partial charge in [0.05, 0.1) is 6.61 Å². The molecule has 1 unspecified atom stereocenters. The number of ether oxygens (including phenoxy) is 1. The van der Waals surface area contributed by atoms with Gasteiger partial charge in [0, 0.05) is 24.5 Å². The zero-order valence-electron chi connectivity index (χ0n) is 12.2. The summed E-state index contributed by atoms with van der Waals surface area (Å²) >= 11 is 1.26. The van der Waals surface area contributed by atoms with Crippen molar-refractivity contribution in [1.82, 2.24) is 9.62 Å². The van der Waals surface area contributed by atoms with E-state index in [9.17, 15) is 13.2 Å². The Morgan fingerprint density at radius 3 is 2.86 bits per heavy atom. The lowest BCUT2D eigenvalue weighted by Crippen LogP contribution is -2.57. The van der Waals surface area contributed by atoms with Crippen LogP contribution in [0, 0.1) is 0 Å². The van der Waals surface area contributed by atoms with Crippen molar-refractivity contribution in [1.29, 1.82) is 0 Å². The third kappa shape index (κ3) is 3.45. The van der Waals surface area contributed by atoms with E-state index in [-0.39, 0.29) is 23.9 Å². The fourth-order valence-corrected chi connectivity index (χ4v) is 5.22. The number of rotatable bonds is 5. The highest BCUT2D eigenvalue weighted by Crippen LogP contribution is 2.27. The molecule has 6 nitrogen and oxygen atoms in total. The highest BCUT2D eigenvalue weighted by atomic mass is 32.2. The van der Waals surface area contributed by atoms with Crippen molar-refractivity contribution >= 4 is 27.3 Å². The molecule has 0 aliphatic carbocycles. The van der Waals surface area contributed by atoms with Gasteiger partial charge < -0.3 is 10.1 Å². The molecular formula is C13H20N2O4S2. The van der Waals surface area contributed by atoms with Gasteiger partial charge in [-0.15, -0.1) is 11.3 Å². The van der Waals surface area contributed by atoms with E-state index >= 15 is 0 Å². The van der Waals surface area contributed by atoms with Crippen molar-refractivity contribution in [2.45, 2.75) is 30.5 Å². The van der Waals surface area contributed by atoms with Crippen molar-refractivity contribution in [3.8, 4) is 0 Å². The average molecular weight is 332 g/mol. The average Bonchev–Trinajstić information content (AvgIpc) is 2.97. The fourth-order valence-electron chi connectivity index (χ4n) is 2.22. The van der Waals surface area contributed by atoms with Gasteiger partial charge in [-0.05, 0) is 25.5 Å². The predicted molar refractivity (Wildman–Crippen MR) is 80.9 cm³/mol. The third-order valence-corrected chi connectivity index (χ3v) is 6.91. The van der Waals surface area contributed by atoms with Crippen LogP contribution in [-0.4, -0.2) is 51.0 Å². The van der Waals surface area contributed by atoms with Crippen molar-refractivity contribution in [2.24, 2.45) is 0 Å². The van der Waals surface area contributed by atoms with Crippen LogP contribution in [0.2, 0.25) is 0 Å². The van der Waals surface area contributed by atoms with Gasteiger partial charge in [-0.2, -0.15) is 4.31 Å². The van der Waals surface area contributed by atoms with Crippen LogP contribution in [0.3, 0.4) is 0 Å². The van der Waals surface area contributed by atoms with E-state index in [4.69, 9.17) is 4.74 Å². The number of aryl methyl sites for hydroxylation is 1. The van der Waals surface area contributed by atoms with E-state index in [1.54, 1.807) is 13.0 Å². The minimum atomic E-state index is -3.65. The fraction of sp³-hybridized carbons (Fsp3) is 0.615. The molecule has 1 saturated heterocycles. The molecule has 1 fully saturated rings. The number of thiophene rings is 1. The van der Waals surface area contributed by atoms with E-state index in [0.29, 0.717) is 6.54 Å². The summed E-state index contributed by atoms with van der Waals surface area (Å²) in [6.07, 6.45) is 0.795. The Bertz CT molecular complexity index is 597. The molecule has 0 aromatic carbocycles. The minimum absolute atomic E-state index is 0.238. The number of sulfonamides is 1. The summed E-state index contributed by atoms with van der Waals surface area (Å²) in [5.74, 6) is -0.499. The van der Waals surface area contributed by atoms with Gasteiger partial charge >= 0.3 is 5.97 Å². The van der Waals surface area contributed by atoms with Crippen LogP contribution < -0.4 is 5.32 Å². The molecule has 21 heavy (non-hydrogen) atoms. The van der Waals surface area contributed by atoms with Gasteiger partial charge in [-0.3, -0.25) is 4.79 Å². The van der Waals surface area contributed by atoms with Gasteiger partial charge in [0.1, 0.15) is 10.3 Å². The quantitative estimate of drug-likeness (QED) is 0.809. The number of hydrogen-bond acceptors (Lipinski definition) is 6. The summed E-state index contributed by atoms with van der Waals surface area (Å²) in [4.78, 5) is 13.0. The molecule has 1 aliphatic heterocycles. The van der Waals surface area contributed by atoms with E-state index in [0.717, 1.165) is 11.3 Å². The Kier molecular flexibility index (Phi) is 5.37. The number of hydrogen-bond donors (Lipinski definition) is 1. The van der Waals surface area contributed by atoms with Crippen LogP contribution in [0.25, 0.3) is 0 Å². The largest absolute Gasteiger partial charge is 0.465 e. The van der Waals surface area contributed by atoms with Crippen molar-refractivity contribution in [3.63, 3.8) is 0 Å². The van der Waals surface area contributed by atoms with E-state index in [1.807, 2.05) is 13.0 Å². The molecule has 0 radical (unpaired) electrons. The summed E-state index contributed by atoms with van der Waals surface area (Å²) in [5, 5.41) is 3.04. The number of piperazine rings is 1. The van der Waals surface area contributed by atoms with Gasteiger partial charge in [0.15, 0.2) is 0 Å². The third-order valence-electron chi connectivity index (χ3n) is 3.30. The predicted octanol–water partition coefficient (Wildman–Crippen LogP) is 0.836. The molecule has 118 valence electrons. The summed E-state index contributed by atoms with van der Waals surface area (Å²) in [6, 6.07) is 2.64. The second-order valence-corrected chi connectivity index (χ2v) is 7.95. The molecule has 2 rings (SSSR count). The maximum absolute atomic E-state index is 12.7. The first-order valence-electron chi connectivity index (χ1n) is 6.98. The molecule has 1 atom stereocenters. The molecule has 0 saturated carbocycles.